The van der Waals surface area contributed by atoms with Crippen LogP contribution in [0, 0.1) is 13.8 Å². The quantitative estimate of drug-likeness (QED) is 0.768. The molecule has 0 aliphatic carbocycles. The molecule has 2 rings (SSSR count). The van der Waals surface area contributed by atoms with Gasteiger partial charge in [-0.25, -0.2) is 4.98 Å². The first-order valence-corrected chi connectivity index (χ1v) is 7.72. The molecule has 0 unspecified atom stereocenters. The normalized spacial score (nSPS) is 11.3. The molecule has 0 spiro atoms. The van der Waals surface area contributed by atoms with Gasteiger partial charge >= 0.3 is 0 Å². The third kappa shape index (κ3) is 3.45. The fraction of sp³-hybridized carbons (Fsp3) is 0.571. The third-order valence-corrected chi connectivity index (χ3v) is 4.28. The molecular weight excluding hydrogens is 274 g/mol. The van der Waals surface area contributed by atoms with Gasteiger partial charge in [-0.2, -0.15) is 0 Å². The first-order valence-electron chi connectivity index (χ1n) is 6.90. The Hall–Kier alpha value is -1.24. The molecule has 2 aromatic heterocycles. The summed E-state index contributed by atoms with van der Waals surface area (Å²) in [5.74, 6) is 0.597. The predicted molar refractivity (Wildman–Crippen MR) is 82.5 cm³/mol. The van der Waals surface area contributed by atoms with Crippen LogP contribution in [0.5, 0.6) is 0 Å². The number of hydrogen-bond donors (Lipinski definition) is 2. The minimum Gasteiger partial charge on any atom is -0.372 e. The van der Waals surface area contributed by atoms with Crippen molar-refractivity contribution in [2.45, 2.75) is 33.8 Å². The Labute approximate surface area is 122 Å². The number of H-pyrrole nitrogens is 1. The van der Waals surface area contributed by atoms with Gasteiger partial charge in [-0.15, -0.1) is 11.3 Å². The fourth-order valence-corrected chi connectivity index (χ4v) is 3.03. The van der Waals surface area contributed by atoms with Gasteiger partial charge in [-0.1, -0.05) is 6.92 Å². The molecule has 2 N–H and O–H groups in total. The summed E-state index contributed by atoms with van der Waals surface area (Å²) in [7, 11) is 0. The molecule has 0 saturated heterocycles. The molecule has 0 saturated carbocycles. The second-order valence-corrected chi connectivity index (χ2v) is 5.98. The van der Waals surface area contributed by atoms with Crippen molar-refractivity contribution in [3.8, 4) is 0 Å². The van der Waals surface area contributed by atoms with Gasteiger partial charge in [-0.05, 0) is 32.4 Å². The van der Waals surface area contributed by atoms with Crippen LogP contribution in [0.4, 0.5) is 0 Å². The molecule has 0 atom stereocenters. The number of hydrogen-bond acceptors (Lipinski definition) is 5. The molecule has 0 amide bonds. The van der Waals surface area contributed by atoms with E-state index in [2.05, 4.69) is 22.2 Å². The number of nitrogens with one attached hydrogen (secondary N) is 2. The van der Waals surface area contributed by atoms with Crippen LogP contribution in [0.3, 0.4) is 0 Å². The van der Waals surface area contributed by atoms with Crippen molar-refractivity contribution in [3.63, 3.8) is 0 Å². The Morgan fingerprint density at radius 1 is 1.35 bits per heavy atom. The Morgan fingerprint density at radius 3 is 2.90 bits per heavy atom. The summed E-state index contributed by atoms with van der Waals surface area (Å²) >= 11 is 1.56. The lowest BCUT2D eigenvalue weighted by molar-refractivity contribution is 0.117. The summed E-state index contributed by atoms with van der Waals surface area (Å²) < 4.78 is 5.52. The Kier molecular flexibility index (Phi) is 5.28. The number of rotatable bonds is 7. The van der Waals surface area contributed by atoms with Crippen molar-refractivity contribution in [3.05, 3.63) is 26.6 Å². The van der Waals surface area contributed by atoms with Crippen LogP contribution >= 0.6 is 11.3 Å². The van der Waals surface area contributed by atoms with Gasteiger partial charge in [0.05, 0.1) is 12.0 Å². The van der Waals surface area contributed by atoms with Crippen molar-refractivity contribution < 1.29 is 4.74 Å². The number of aromatic amines is 1. The van der Waals surface area contributed by atoms with E-state index in [1.54, 1.807) is 11.3 Å². The number of aryl methyl sites for hydroxylation is 2. The van der Waals surface area contributed by atoms with Crippen LogP contribution < -0.4 is 10.9 Å². The maximum Gasteiger partial charge on any atom is 0.259 e. The summed E-state index contributed by atoms with van der Waals surface area (Å²) in [6.07, 6.45) is 1.11. The predicted octanol–water partition coefficient (Wildman–Crippen LogP) is 2.12. The third-order valence-electron chi connectivity index (χ3n) is 3.18. The SMILES string of the molecule is CCCNCCOCc1nc2sc(C)c(C)c2c(=O)[nH]1. The minimum absolute atomic E-state index is 0.0699. The van der Waals surface area contributed by atoms with Gasteiger partial charge in [-0.3, -0.25) is 4.79 Å². The average Bonchev–Trinajstić information content (AvgIpc) is 2.69. The second-order valence-electron chi connectivity index (χ2n) is 4.78. The summed E-state index contributed by atoms with van der Waals surface area (Å²) in [6.45, 7) is 8.87. The monoisotopic (exact) mass is 295 g/mol. The van der Waals surface area contributed by atoms with Gasteiger partial charge < -0.3 is 15.0 Å². The van der Waals surface area contributed by atoms with Crippen LogP contribution in [-0.2, 0) is 11.3 Å². The van der Waals surface area contributed by atoms with Crippen molar-refractivity contribution in [2.75, 3.05) is 19.7 Å². The molecule has 2 heterocycles. The van der Waals surface area contributed by atoms with E-state index in [1.807, 2.05) is 13.8 Å². The molecule has 0 fully saturated rings. The number of ether oxygens (including phenoxy) is 1. The van der Waals surface area contributed by atoms with Crippen LogP contribution in [0.25, 0.3) is 10.2 Å². The summed E-state index contributed by atoms with van der Waals surface area (Å²) in [4.78, 5) is 21.3. The van der Waals surface area contributed by atoms with E-state index in [1.165, 1.54) is 0 Å². The van der Waals surface area contributed by atoms with E-state index < -0.39 is 0 Å². The Morgan fingerprint density at radius 2 is 2.15 bits per heavy atom. The molecule has 0 bridgehead atoms. The molecule has 6 heteroatoms. The maximum absolute atomic E-state index is 12.1. The summed E-state index contributed by atoms with van der Waals surface area (Å²) in [6, 6.07) is 0. The molecule has 20 heavy (non-hydrogen) atoms. The summed E-state index contributed by atoms with van der Waals surface area (Å²) in [5.41, 5.74) is 0.953. The molecule has 0 aromatic carbocycles. The zero-order valence-electron chi connectivity index (χ0n) is 12.2. The molecule has 5 nitrogen and oxygen atoms in total. The highest BCUT2D eigenvalue weighted by atomic mass is 32.1. The van der Waals surface area contributed by atoms with Crippen molar-refractivity contribution in [2.24, 2.45) is 0 Å². The van der Waals surface area contributed by atoms with E-state index >= 15 is 0 Å². The van der Waals surface area contributed by atoms with Crippen molar-refractivity contribution >= 4 is 21.6 Å². The topological polar surface area (TPSA) is 67.0 Å². The highest BCUT2D eigenvalue weighted by Crippen LogP contribution is 2.25. The van der Waals surface area contributed by atoms with Gasteiger partial charge in [0.15, 0.2) is 0 Å². The number of nitrogens with zero attached hydrogens (tertiary/aromatic N) is 1. The smallest absolute Gasteiger partial charge is 0.259 e. The van der Waals surface area contributed by atoms with Crippen LogP contribution in [0.1, 0.15) is 29.6 Å². The highest BCUT2D eigenvalue weighted by molar-refractivity contribution is 7.18. The highest BCUT2D eigenvalue weighted by Gasteiger charge is 2.11. The lowest BCUT2D eigenvalue weighted by atomic mass is 10.2. The molecule has 2 aromatic rings. The van der Waals surface area contributed by atoms with Crippen molar-refractivity contribution in [1.29, 1.82) is 0 Å². The molecular formula is C14H21N3O2S. The second kappa shape index (κ2) is 6.97. The Balaban J connectivity index is 2.00. The van der Waals surface area contributed by atoms with Gasteiger partial charge in [0.1, 0.15) is 17.3 Å². The average molecular weight is 295 g/mol. The lowest BCUT2D eigenvalue weighted by Gasteiger charge is -2.05. The van der Waals surface area contributed by atoms with Crippen LogP contribution in [0.15, 0.2) is 4.79 Å². The van der Waals surface area contributed by atoms with Gasteiger partial charge in [0, 0.05) is 11.4 Å². The van der Waals surface area contributed by atoms with E-state index in [0.29, 0.717) is 24.4 Å². The molecule has 0 aliphatic rings. The zero-order chi connectivity index (χ0) is 14.5. The number of aromatic nitrogens is 2. The Bertz CT molecular complexity index is 633. The van der Waals surface area contributed by atoms with Crippen molar-refractivity contribution in [1.82, 2.24) is 15.3 Å². The van der Waals surface area contributed by atoms with E-state index in [4.69, 9.17) is 4.74 Å². The fourth-order valence-electron chi connectivity index (χ4n) is 1.98. The van der Waals surface area contributed by atoms with E-state index in [9.17, 15) is 4.79 Å². The zero-order valence-corrected chi connectivity index (χ0v) is 13.0. The first kappa shape index (κ1) is 15.2. The van der Waals surface area contributed by atoms with Gasteiger partial charge in [0.2, 0.25) is 0 Å². The standard InChI is InChI=1S/C14H21N3O2S/c1-4-5-15-6-7-19-8-11-16-13(18)12-9(2)10(3)20-14(12)17-11/h15H,4-8H2,1-3H3,(H,16,17,18). The van der Waals surface area contributed by atoms with Gasteiger partial charge in [0.25, 0.3) is 5.56 Å². The van der Waals surface area contributed by atoms with E-state index in [0.717, 1.165) is 34.8 Å². The minimum atomic E-state index is -0.0699. The number of fused-ring (bicyclic) bond motifs is 1. The maximum atomic E-state index is 12.1. The first-order chi connectivity index (χ1) is 9.63. The molecule has 110 valence electrons. The van der Waals surface area contributed by atoms with E-state index in [-0.39, 0.29) is 5.56 Å². The molecule has 0 radical (unpaired) electrons. The number of thiophene rings is 1. The van der Waals surface area contributed by atoms with Crippen LogP contribution in [-0.4, -0.2) is 29.7 Å². The largest absolute Gasteiger partial charge is 0.372 e. The summed E-state index contributed by atoms with van der Waals surface area (Å²) in [5, 5.41) is 3.97. The van der Waals surface area contributed by atoms with Crippen LogP contribution in [0.2, 0.25) is 0 Å². The lowest BCUT2D eigenvalue weighted by Crippen LogP contribution is -2.21. The molecule has 0 aliphatic heterocycles.